The molecule has 0 aliphatic carbocycles. The van der Waals surface area contributed by atoms with Crippen LogP contribution in [0.15, 0.2) is 83.3 Å². The average Bonchev–Trinajstić information content (AvgIpc) is 3.23. The second-order valence-electron chi connectivity index (χ2n) is 6.49. The van der Waals surface area contributed by atoms with Crippen molar-refractivity contribution in [2.24, 2.45) is 5.10 Å². The lowest BCUT2D eigenvalue weighted by atomic mass is 10.2. The molecule has 4 aromatic rings. The van der Waals surface area contributed by atoms with Gasteiger partial charge in [0.15, 0.2) is 11.0 Å². The fraction of sp³-hybridized carbons (Fsp3) is 0.0455. The highest BCUT2D eigenvalue weighted by Gasteiger charge is 2.17. The third-order valence-electron chi connectivity index (χ3n) is 4.24. The van der Waals surface area contributed by atoms with Gasteiger partial charge in [-0.25, -0.2) is 9.82 Å². The lowest BCUT2D eigenvalue weighted by Gasteiger charge is -2.10. The van der Waals surface area contributed by atoms with Gasteiger partial charge in [-0.2, -0.15) is 5.10 Å². The number of benzene rings is 2. The van der Waals surface area contributed by atoms with E-state index >= 15 is 0 Å². The van der Waals surface area contributed by atoms with E-state index in [1.54, 1.807) is 36.7 Å². The fourth-order valence-corrected chi connectivity index (χ4v) is 3.67. The first-order valence-corrected chi connectivity index (χ1v) is 10.8. The van der Waals surface area contributed by atoms with E-state index in [-0.39, 0.29) is 17.5 Å². The Balaban J connectivity index is 1.50. The molecule has 0 fully saturated rings. The largest absolute Gasteiger partial charge is 0.272 e. The second-order valence-corrected chi connectivity index (χ2v) is 7.87. The van der Waals surface area contributed by atoms with Gasteiger partial charge in [0.1, 0.15) is 5.82 Å². The highest BCUT2D eigenvalue weighted by Crippen LogP contribution is 2.28. The zero-order valence-electron chi connectivity index (χ0n) is 16.5. The van der Waals surface area contributed by atoms with Crippen LogP contribution in [0.4, 0.5) is 4.39 Å². The van der Waals surface area contributed by atoms with Crippen LogP contribution in [0.1, 0.15) is 5.56 Å². The molecule has 10 heteroatoms. The molecule has 0 saturated heterocycles. The normalized spacial score (nSPS) is 11.1. The van der Waals surface area contributed by atoms with Crippen LogP contribution in [-0.2, 0) is 4.79 Å². The summed E-state index contributed by atoms with van der Waals surface area (Å²) in [5.74, 6) is -0.0364. The number of hydrazone groups is 1. The molecule has 160 valence electrons. The van der Waals surface area contributed by atoms with Gasteiger partial charge in [0, 0.05) is 28.7 Å². The number of nitrogens with one attached hydrogen (secondary N) is 1. The Morgan fingerprint density at radius 2 is 1.91 bits per heavy atom. The van der Waals surface area contributed by atoms with Gasteiger partial charge < -0.3 is 0 Å². The molecule has 2 aromatic carbocycles. The molecule has 4 rings (SSSR count). The maximum atomic E-state index is 13.2. The van der Waals surface area contributed by atoms with E-state index in [9.17, 15) is 9.18 Å². The van der Waals surface area contributed by atoms with Crippen molar-refractivity contribution in [3.63, 3.8) is 0 Å². The summed E-state index contributed by atoms with van der Waals surface area (Å²) in [4.78, 5) is 16.3. The predicted octanol–water partition coefficient (Wildman–Crippen LogP) is 4.36. The fourth-order valence-electron chi connectivity index (χ4n) is 2.80. The Kier molecular flexibility index (Phi) is 6.88. The monoisotopic (exact) mass is 466 g/mol. The van der Waals surface area contributed by atoms with Gasteiger partial charge in [0.2, 0.25) is 0 Å². The summed E-state index contributed by atoms with van der Waals surface area (Å²) >= 11 is 7.25. The molecule has 0 unspecified atom stereocenters. The third-order valence-corrected chi connectivity index (χ3v) is 5.42. The highest BCUT2D eigenvalue weighted by molar-refractivity contribution is 7.99. The number of rotatable bonds is 7. The molecule has 0 saturated carbocycles. The molecule has 2 heterocycles. The molecule has 1 N–H and O–H groups in total. The zero-order chi connectivity index (χ0) is 22.3. The summed E-state index contributed by atoms with van der Waals surface area (Å²) in [5.41, 5.74) is 4.61. The van der Waals surface area contributed by atoms with Crippen LogP contribution in [0.5, 0.6) is 0 Å². The predicted molar refractivity (Wildman–Crippen MR) is 122 cm³/mol. The summed E-state index contributed by atoms with van der Waals surface area (Å²) in [6.45, 7) is 0. The number of amides is 1. The number of carbonyl (C=O) groups is 1. The van der Waals surface area contributed by atoms with Crippen molar-refractivity contribution in [1.29, 1.82) is 0 Å². The molecule has 32 heavy (non-hydrogen) atoms. The minimum absolute atomic E-state index is 0.0581. The van der Waals surface area contributed by atoms with E-state index in [0.717, 1.165) is 11.3 Å². The van der Waals surface area contributed by atoms with Gasteiger partial charge in [-0.15, -0.1) is 10.2 Å². The minimum atomic E-state index is -0.373. The van der Waals surface area contributed by atoms with Crippen molar-refractivity contribution in [2.45, 2.75) is 5.16 Å². The van der Waals surface area contributed by atoms with E-state index in [4.69, 9.17) is 11.6 Å². The molecular weight excluding hydrogens is 451 g/mol. The smallest absolute Gasteiger partial charge is 0.250 e. The first kappa shape index (κ1) is 21.7. The van der Waals surface area contributed by atoms with Gasteiger partial charge >= 0.3 is 0 Å². The Morgan fingerprint density at radius 1 is 1.12 bits per heavy atom. The van der Waals surface area contributed by atoms with E-state index in [2.05, 4.69) is 25.7 Å². The number of carbonyl (C=O) groups excluding carboxylic acids is 1. The number of nitrogens with zero attached hydrogens (tertiary/aromatic N) is 5. The van der Waals surface area contributed by atoms with Crippen LogP contribution in [0.3, 0.4) is 0 Å². The first-order valence-electron chi connectivity index (χ1n) is 9.42. The molecular formula is C22H16ClFN6OS. The zero-order valence-corrected chi connectivity index (χ0v) is 18.1. The lowest BCUT2D eigenvalue weighted by molar-refractivity contribution is -0.118. The molecule has 0 radical (unpaired) electrons. The molecule has 0 aliphatic heterocycles. The Labute approximate surface area is 192 Å². The second kappa shape index (κ2) is 10.2. The molecule has 2 aromatic heterocycles. The minimum Gasteiger partial charge on any atom is -0.272 e. The van der Waals surface area contributed by atoms with Gasteiger partial charge in [0.05, 0.1) is 12.0 Å². The topological polar surface area (TPSA) is 85.1 Å². The Morgan fingerprint density at radius 3 is 2.66 bits per heavy atom. The standard InChI is InChI=1S/C22H16ClFN6OS/c23-17-4-6-19(7-5-17)30-21(16-8-10-25-11-9-16)28-29-22(30)32-14-20(31)27-26-13-15-2-1-3-18(24)12-15/h1-13H,14H2,(H,27,31). The number of pyridine rings is 1. The van der Waals surface area contributed by atoms with Crippen molar-refractivity contribution in [3.8, 4) is 17.1 Å². The number of hydrogen-bond donors (Lipinski definition) is 1. The quantitative estimate of drug-likeness (QED) is 0.248. The van der Waals surface area contributed by atoms with E-state index in [1.165, 1.54) is 30.1 Å². The first-order chi connectivity index (χ1) is 15.6. The molecule has 0 bridgehead atoms. The van der Waals surface area contributed by atoms with Crippen LogP contribution < -0.4 is 5.43 Å². The van der Waals surface area contributed by atoms with E-state index in [1.807, 2.05) is 28.8 Å². The van der Waals surface area contributed by atoms with Crippen LogP contribution >= 0.6 is 23.4 Å². The summed E-state index contributed by atoms with van der Waals surface area (Å²) in [7, 11) is 0. The maximum Gasteiger partial charge on any atom is 0.250 e. The third kappa shape index (κ3) is 5.37. The summed E-state index contributed by atoms with van der Waals surface area (Å²) in [6.07, 6.45) is 4.73. The van der Waals surface area contributed by atoms with Crippen molar-refractivity contribution >= 4 is 35.5 Å². The van der Waals surface area contributed by atoms with Crippen LogP contribution in [-0.4, -0.2) is 37.6 Å². The maximum absolute atomic E-state index is 13.2. The van der Waals surface area contributed by atoms with Crippen molar-refractivity contribution in [1.82, 2.24) is 25.2 Å². The average molecular weight is 467 g/mol. The molecule has 0 atom stereocenters. The van der Waals surface area contributed by atoms with Crippen LogP contribution in [0.25, 0.3) is 17.1 Å². The molecule has 0 spiro atoms. The van der Waals surface area contributed by atoms with Crippen molar-refractivity contribution < 1.29 is 9.18 Å². The number of hydrogen-bond acceptors (Lipinski definition) is 6. The lowest BCUT2D eigenvalue weighted by Crippen LogP contribution is -2.20. The summed E-state index contributed by atoms with van der Waals surface area (Å²) in [5, 5.41) is 13.6. The van der Waals surface area contributed by atoms with Crippen molar-refractivity contribution in [2.75, 3.05) is 5.75 Å². The van der Waals surface area contributed by atoms with Crippen LogP contribution in [0.2, 0.25) is 5.02 Å². The van der Waals surface area contributed by atoms with Gasteiger partial charge in [-0.3, -0.25) is 14.3 Å². The Bertz CT molecular complexity index is 1250. The number of aromatic nitrogens is 4. The van der Waals surface area contributed by atoms with Gasteiger partial charge in [0.25, 0.3) is 5.91 Å². The van der Waals surface area contributed by atoms with Gasteiger partial charge in [-0.1, -0.05) is 35.5 Å². The summed E-state index contributed by atoms with van der Waals surface area (Å²) in [6, 6.07) is 16.8. The van der Waals surface area contributed by atoms with E-state index in [0.29, 0.717) is 21.6 Å². The molecule has 7 nitrogen and oxygen atoms in total. The molecule has 0 aliphatic rings. The van der Waals surface area contributed by atoms with E-state index < -0.39 is 0 Å². The van der Waals surface area contributed by atoms with Crippen molar-refractivity contribution in [3.05, 3.63) is 89.5 Å². The Hall–Kier alpha value is -3.56. The molecule has 1 amide bonds. The SMILES string of the molecule is O=C(CSc1nnc(-c2ccncc2)n1-c1ccc(Cl)cc1)NN=Cc1cccc(F)c1. The van der Waals surface area contributed by atoms with Gasteiger partial charge in [-0.05, 0) is 54.1 Å². The number of halogens is 2. The summed E-state index contributed by atoms with van der Waals surface area (Å²) < 4.78 is 15.1. The van der Waals surface area contributed by atoms with Crippen LogP contribution in [0, 0.1) is 5.82 Å². The highest BCUT2D eigenvalue weighted by atomic mass is 35.5. The number of thioether (sulfide) groups is 1.